The predicted octanol–water partition coefficient (Wildman–Crippen LogP) is 1.96. The molecule has 0 radical (unpaired) electrons. The van der Waals surface area contributed by atoms with Gasteiger partial charge >= 0.3 is 5.97 Å². The summed E-state index contributed by atoms with van der Waals surface area (Å²) in [6, 6.07) is 0.499. The van der Waals surface area contributed by atoms with E-state index in [1.807, 2.05) is 12.5 Å². The minimum absolute atomic E-state index is 0.230. The summed E-state index contributed by atoms with van der Waals surface area (Å²) in [5.74, 6) is 0.0744. The van der Waals surface area contributed by atoms with Crippen molar-refractivity contribution in [3.8, 4) is 0 Å². The van der Waals surface area contributed by atoms with Gasteiger partial charge in [-0.15, -0.1) is 0 Å². The van der Waals surface area contributed by atoms with E-state index in [0.717, 1.165) is 26.1 Å². The highest BCUT2D eigenvalue weighted by Gasteiger charge is 2.24. The molecule has 0 N–H and O–H groups in total. The van der Waals surface area contributed by atoms with Gasteiger partial charge in [0.25, 0.3) is 6.01 Å². The largest absolute Gasteiger partial charge is 0.461 e. The average Bonchev–Trinajstić information content (AvgIpc) is 3.19. The number of nitrogens with zero attached hydrogens (tertiary/aromatic N) is 4. The van der Waals surface area contributed by atoms with Crippen LogP contribution >= 0.6 is 0 Å². The van der Waals surface area contributed by atoms with Crippen molar-refractivity contribution in [2.75, 3.05) is 24.6 Å². The molecule has 3 heterocycles. The van der Waals surface area contributed by atoms with Crippen LogP contribution in [0.4, 0.5) is 6.01 Å². The number of esters is 1. The monoisotopic (exact) mass is 304 g/mol. The van der Waals surface area contributed by atoms with Gasteiger partial charge in [-0.05, 0) is 25.7 Å². The average molecular weight is 304 g/mol. The van der Waals surface area contributed by atoms with Crippen molar-refractivity contribution in [1.82, 2.24) is 14.5 Å². The molecule has 118 valence electrons. The first-order valence-corrected chi connectivity index (χ1v) is 7.59. The van der Waals surface area contributed by atoms with E-state index in [1.165, 1.54) is 12.7 Å². The summed E-state index contributed by atoms with van der Waals surface area (Å²) < 4.78 is 12.5. The number of ether oxygens (including phenoxy) is 1. The molecule has 1 atom stereocenters. The van der Waals surface area contributed by atoms with Crippen LogP contribution in [-0.4, -0.2) is 40.2 Å². The van der Waals surface area contributed by atoms with Crippen molar-refractivity contribution in [3.63, 3.8) is 0 Å². The molecular formula is C15H20N4O3. The van der Waals surface area contributed by atoms with Crippen molar-refractivity contribution >= 4 is 12.0 Å². The van der Waals surface area contributed by atoms with Gasteiger partial charge in [0, 0.05) is 32.0 Å². The van der Waals surface area contributed by atoms with E-state index in [9.17, 15) is 4.79 Å². The second-order valence-corrected chi connectivity index (χ2v) is 5.45. The van der Waals surface area contributed by atoms with Crippen molar-refractivity contribution in [3.05, 3.63) is 30.7 Å². The lowest BCUT2D eigenvalue weighted by Crippen LogP contribution is -2.37. The first kappa shape index (κ1) is 14.6. The predicted molar refractivity (Wildman–Crippen MR) is 79.6 cm³/mol. The smallest absolute Gasteiger partial charge is 0.360 e. The van der Waals surface area contributed by atoms with Gasteiger partial charge in [-0.2, -0.15) is 4.98 Å². The molecule has 2 aromatic rings. The van der Waals surface area contributed by atoms with E-state index in [-0.39, 0.29) is 5.69 Å². The lowest BCUT2D eigenvalue weighted by molar-refractivity contribution is 0.0519. The molecule has 0 aliphatic carbocycles. The van der Waals surface area contributed by atoms with Crippen LogP contribution in [0.1, 0.15) is 30.3 Å². The molecule has 0 unspecified atom stereocenters. The van der Waals surface area contributed by atoms with E-state index in [0.29, 0.717) is 18.5 Å². The van der Waals surface area contributed by atoms with Crippen LogP contribution in [0, 0.1) is 5.92 Å². The summed E-state index contributed by atoms with van der Waals surface area (Å²) in [6.45, 7) is 4.79. The first-order valence-electron chi connectivity index (χ1n) is 7.59. The van der Waals surface area contributed by atoms with Crippen molar-refractivity contribution in [2.45, 2.75) is 26.3 Å². The molecule has 3 rings (SSSR count). The van der Waals surface area contributed by atoms with Gasteiger partial charge in [0.1, 0.15) is 6.26 Å². The minimum Gasteiger partial charge on any atom is -0.461 e. The van der Waals surface area contributed by atoms with Crippen LogP contribution in [0.25, 0.3) is 0 Å². The highest BCUT2D eigenvalue weighted by molar-refractivity contribution is 5.87. The minimum atomic E-state index is -0.440. The Bertz CT molecular complexity index is 608. The van der Waals surface area contributed by atoms with Gasteiger partial charge in [-0.25, -0.2) is 9.78 Å². The second-order valence-electron chi connectivity index (χ2n) is 5.45. The Labute approximate surface area is 128 Å². The standard InChI is InChI=1S/C15H20N4O3/c1-2-21-14(20)13-10-22-15(17-13)19-6-3-4-12(9-19)8-18-7-5-16-11-18/h5,7,10-12H,2-4,6,8-9H2,1H3/t12-/m1/s1. The zero-order valence-corrected chi connectivity index (χ0v) is 12.6. The Balaban J connectivity index is 1.63. The van der Waals surface area contributed by atoms with E-state index < -0.39 is 5.97 Å². The van der Waals surface area contributed by atoms with Crippen molar-refractivity contribution < 1.29 is 13.9 Å². The molecule has 0 aromatic carbocycles. The third kappa shape index (κ3) is 3.29. The Morgan fingerprint density at radius 2 is 2.45 bits per heavy atom. The van der Waals surface area contributed by atoms with Gasteiger partial charge < -0.3 is 18.6 Å². The van der Waals surface area contributed by atoms with Crippen LogP contribution in [-0.2, 0) is 11.3 Å². The van der Waals surface area contributed by atoms with Crippen LogP contribution in [0.5, 0.6) is 0 Å². The van der Waals surface area contributed by atoms with E-state index in [2.05, 4.69) is 19.4 Å². The number of hydrogen-bond donors (Lipinski definition) is 0. The summed E-state index contributed by atoms with van der Waals surface area (Å²) in [4.78, 5) is 22.1. The zero-order chi connectivity index (χ0) is 15.4. The van der Waals surface area contributed by atoms with E-state index >= 15 is 0 Å². The Morgan fingerprint density at radius 3 is 3.23 bits per heavy atom. The molecular weight excluding hydrogens is 284 g/mol. The highest BCUT2D eigenvalue weighted by Crippen LogP contribution is 2.24. The number of aromatic nitrogens is 3. The van der Waals surface area contributed by atoms with Crippen LogP contribution in [0.3, 0.4) is 0 Å². The number of piperidine rings is 1. The number of hydrogen-bond acceptors (Lipinski definition) is 6. The number of anilines is 1. The van der Waals surface area contributed by atoms with Gasteiger partial charge in [0.15, 0.2) is 5.69 Å². The topological polar surface area (TPSA) is 73.4 Å². The molecule has 7 heteroatoms. The Kier molecular flexibility index (Phi) is 4.41. The molecule has 7 nitrogen and oxygen atoms in total. The number of carbonyl (C=O) groups excluding carboxylic acids is 1. The molecule has 1 saturated heterocycles. The Morgan fingerprint density at radius 1 is 1.55 bits per heavy atom. The third-order valence-electron chi connectivity index (χ3n) is 3.79. The summed E-state index contributed by atoms with van der Waals surface area (Å²) in [7, 11) is 0. The second kappa shape index (κ2) is 6.64. The summed E-state index contributed by atoms with van der Waals surface area (Å²) >= 11 is 0. The number of imidazole rings is 1. The fraction of sp³-hybridized carbons (Fsp3) is 0.533. The number of carbonyl (C=O) groups is 1. The lowest BCUT2D eigenvalue weighted by Gasteiger charge is -2.31. The van der Waals surface area contributed by atoms with Crippen LogP contribution < -0.4 is 4.90 Å². The summed E-state index contributed by atoms with van der Waals surface area (Å²) in [5, 5.41) is 0. The van der Waals surface area contributed by atoms with Crippen LogP contribution in [0.15, 0.2) is 29.4 Å². The quantitative estimate of drug-likeness (QED) is 0.786. The third-order valence-corrected chi connectivity index (χ3v) is 3.79. The maximum atomic E-state index is 11.6. The fourth-order valence-electron chi connectivity index (χ4n) is 2.79. The number of oxazole rings is 1. The van der Waals surface area contributed by atoms with Gasteiger partial charge in [0.2, 0.25) is 0 Å². The molecule has 1 aliphatic heterocycles. The zero-order valence-electron chi connectivity index (χ0n) is 12.6. The number of rotatable bonds is 5. The summed E-state index contributed by atoms with van der Waals surface area (Å²) in [6.07, 6.45) is 9.22. The maximum absolute atomic E-state index is 11.6. The first-order chi connectivity index (χ1) is 10.8. The summed E-state index contributed by atoms with van der Waals surface area (Å²) in [5.41, 5.74) is 0.230. The van der Waals surface area contributed by atoms with Crippen molar-refractivity contribution in [2.24, 2.45) is 5.92 Å². The maximum Gasteiger partial charge on any atom is 0.360 e. The van der Waals surface area contributed by atoms with Gasteiger partial charge in [-0.1, -0.05) is 0 Å². The fourth-order valence-corrected chi connectivity index (χ4v) is 2.79. The molecule has 0 spiro atoms. The van der Waals surface area contributed by atoms with E-state index in [1.54, 1.807) is 13.1 Å². The van der Waals surface area contributed by atoms with E-state index in [4.69, 9.17) is 9.15 Å². The molecule has 0 bridgehead atoms. The molecule has 0 saturated carbocycles. The lowest BCUT2D eigenvalue weighted by atomic mass is 9.98. The van der Waals surface area contributed by atoms with Gasteiger partial charge in [0.05, 0.1) is 12.9 Å². The van der Waals surface area contributed by atoms with Gasteiger partial charge in [-0.3, -0.25) is 0 Å². The van der Waals surface area contributed by atoms with Crippen molar-refractivity contribution in [1.29, 1.82) is 0 Å². The highest BCUT2D eigenvalue weighted by atomic mass is 16.5. The molecule has 1 fully saturated rings. The molecule has 1 aliphatic rings. The van der Waals surface area contributed by atoms with Crippen LogP contribution in [0.2, 0.25) is 0 Å². The Hall–Kier alpha value is -2.31. The molecule has 22 heavy (non-hydrogen) atoms. The SMILES string of the molecule is CCOC(=O)c1coc(N2CCC[C@H](Cn3ccnc3)C2)n1. The molecule has 0 amide bonds. The normalized spacial score (nSPS) is 18.4. The molecule has 2 aromatic heterocycles.